The van der Waals surface area contributed by atoms with Crippen LogP contribution >= 0.6 is 11.6 Å². The number of nitrogens with zero attached hydrogens (tertiary/aromatic N) is 2. The van der Waals surface area contributed by atoms with Crippen LogP contribution in [0.4, 0.5) is 8.78 Å². The summed E-state index contributed by atoms with van der Waals surface area (Å²) in [5.41, 5.74) is 0.805. The fourth-order valence-corrected chi connectivity index (χ4v) is 2.96. The summed E-state index contributed by atoms with van der Waals surface area (Å²) in [4.78, 5) is 3.76. The third-order valence-corrected chi connectivity index (χ3v) is 4.28. The van der Waals surface area contributed by atoms with Crippen LogP contribution in [0.15, 0.2) is 18.2 Å². The molecule has 0 unspecified atom stereocenters. The Hall–Kier alpha value is -0.990. The summed E-state index contributed by atoms with van der Waals surface area (Å²) in [7, 11) is 0. The van der Waals surface area contributed by atoms with Gasteiger partial charge in [-0.15, -0.1) is 0 Å². The predicted molar refractivity (Wildman–Crippen MR) is 92.6 cm³/mol. The molecule has 0 amide bonds. The maximum absolute atomic E-state index is 12.6. The zero-order valence-electron chi connectivity index (χ0n) is 14.2. The van der Waals surface area contributed by atoms with Gasteiger partial charge in [0.15, 0.2) is 0 Å². The molecule has 142 valence electrons. The highest BCUT2D eigenvalue weighted by atomic mass is 35.5. The Kier molecular flexibility index (Phi) is 8.84. The van der Waals surface area contributed by atoms with Gasteiger partial charge < -0.3 is 14.6 Å². The average molecular weight is 379 g/mol. The molecule has 0 bridgehead atoms. The molecule has 0 atom stereocenters. The second kappa shape index (κ2) is 10.9. The Balaban J connectivity index is 1.83. The number of ether oxygens (including phenoxy) is 2. The molecular weight excluding hydrogens is 354 g/mol. The van der Waals surface area contributed by atoms with Crippen molar-refractivity contribution in [2.45, 2.75) is 13.0 Å². The van der Waals surface area contributed by atoms with Crippen LogP contribution in [0, 0.1) is 0 Å². The van der Waals surface area contributed by atoms with Gasteiger partial charge >= 0.3 is 0 Å². The molecule has 1 aromatic rings. The quantitative estimate of drug-likeness (QED) is 0.675. The summed E-state index contributed by atoms with van der Waals surface area (Å²) in [6, 6.07) is 5.30. The molecule has 0 radical (unpaired) electrons. The molecule has 8 heteroatoms. The Morgan fingerprint density at radius 1 is 1.32 bits per heavy atom. The van der Waals surface area contributed by atoms with E-state index in [9.17, 15) is 8.78 Å². The second-order valence-electron chi connectivity index (χ2n) is 5.92. The lowest BCUT2D eigenvalue weighted by molar-refractivity contribution is 0.0322. The summed E-state index contributed by atoms with van der Waals surface area (Å²) in [5.74, 6) is 0.584. The number of hydrogen-bond acceptors (Lipinski definition) is 5. The van der Waals surface area contributed by atoms with Crippen molar-refractivity contribution in [3.05, 3.63) is 28.8 Å². The average Bonchev–Trinajstić information content (AvgIpc) is 2.57. The molecular formula is C17H25ClF2N2O3. The molecule has 1 aromatic carbocycles. The number of aliphatic hydroxyl groups excluding tert-OH is 1. The first kappa shape index (κ1) is 20.3. The van der Waals surface area contributed by atoms with E-state index >= 15 is 0 Å². The number of alkyl halides is 2. The van der Waals surface area contributed by atoms with E-state index in [2.05, 4.69) is 4.90 Å². The Morgan fingerprint density at radius 2 is 2.08 bits per heavy atom. The van der Waals surface area contributed by atoms with Crippen molar-refractivity contribution in [2.75, 3.05) is 59.2 Å². The van der Waals surface area contributed by atoms with Crippen LogP contribution in [0.3, 0.4) is 0 Å². The molecule has 1 fully saturated rings. The molecule has 5 nitrogen and oxygen atoms in total. The van der Waals surface area contributed by atoms with Crippen molar-refractivity contribution in [2.24, 2.45) is 0 Å². The molecule has 1 aliphatic heterocycles. The van der Waals surface area contributed by atoms with Gasteiger partial charge in [-0.05, 0) is 17.7 Å². The smallest absolute Gasteiger partial charge is 0.251 e. The molecule has 0 spiro atoms. The standard InChI is InChI=1S/C17H25ClF2N2O3/c18-15-11-14(12-22(3-7-23)13-17(19)20)1-2-16(15)25-10-6-21-4-8-24-9-5-21/h1-2,11,17,23H,3-10,12-13H2. The van der Waals surface area contributed by atoms with Crippen LogP contribution < -0.4 is 4.74 Å². The van der Waals surface area contributed by atoms with Gasteiger partial charge in [0.25, 0.3) is 6.43 Å². The zero-order valence-corrected chi connectivity index (χ0v) is 14.9. The van der Waals surface area contributed by atoms with Gasteiger partial charge in [-0.3, -0.25) is 9.80 Å². The number of halogens is 3. The van der Waals surface area contributed by atoms with Crippen molar-refractivity contribution in [1.29, 1.82) is 0 Å². The van der Waals surface area contributed by atoms with Crippen molar-refractivity contribution >= 4 is 11.6 Å². The lowest BCUT2D eigenvalue weighted by Crippen LogP contribution is -2.38. The van der Waals surface area contributed by atoms with E-state index in [-0.39, 0.29) is 19.7 Å². The molecule has 1 saturated heterocycles. The van der Waals surface area contributed by atoms with Crippen molar-refractivity contribution in [3.63, 3.8) is 0 Å². The van der Waals surface area contributed by atoms with Crippen molar-refractivity contribution in [1.82, 2.24) is 9.80 Å². The second-order valence-corrected chi connectivity index (χ2v) is 6.32. The minimum atomic E-state index is -2.44. The van der Waals surface area contributed by atoms with Crippen LogP contribution in [0.1, 0.15) is 5.56 Å². The van der Waals surface area contributed by atoms with E-state index < -0.39 is 6.43 Å². The minimum Gasteiger partial charge on any atom is -0.491 e. The van der Waals surface area contributed by atoms with Crippen LogP contribution in [-0.2, 0) is 11.3 Å². The zero-order chi connectivity index (χ0) is 18.1. The SMILES string of the molecule is OCCN(Cc1ccc(OCCN2CCOCC2)c(Cl)c1)CC(F)F. The van der Waals surface area contributed by atoms with Gasteiger partial charge in [0, 0.05) is 32.7 Å². The summed E-state index contributed by atoms with van der Waals surface area (Å²) < 4.78 is 36.2. The minimum absolute atomic E-state index is 0.164. The predicted octanol–water partition coefficient (Wildman–Crippen LogP) is 2.11. The molecule has 0 saturated carbocycles. The highest BCUT2D eigenvalue weighted by Crippen LogP contribution is 2.26. The number of aliphatic hydroxyl groups is 1. The van der Waals surface area contributed by atoms with Gasteiger partial charge in [0.05, 0.1) is 31.4 Å². The van der Waals surface area contributed by atoms with E-state index in [4.69, 9.17) is 26.2 Å². The first-order chi connectivity index (χ1) is 12.1. The largest absolute Gasteiger partial charge is 0.491 e. The van der Waals surface area contributed by atoms with Crippen LogP contribution in [0.25, 0.3) is 0 Å². The molecule has 0 aliphatic carbocycles. The number of benzene rings is 1. The molecule has 1 aliphatic rings. The summed E-state index contributed by atoms with van der Waals surface area (Å²) in [6.45, 7) is 4.59. The normalized spacial score (nSPS) is 15.9. The lowest BCUT2D eigenvalue weighted by Gasteiger charge is -2.26. The van der Waals surface area contributed by atoms with E-state index in [0.717, 1.165) is 38.4 Å². The number of rotatable bonds is 10. The first-order valence-electron chi connectivity index (χ1n) is 8.41. The summed E-state index contributed by atoms with van der Waals surface area (Å²) in [5, 5.41) is 9.45. The monoisotopic (exact) mass is 378 g/mol. The Bertz CT molecular complexity index is 517. The van der Waals surface area contributed by atoms with Gasteiger partial charge in [-0.1, -0.05) is 17.7 Å². The number of morpholine rings is 1. The molecule has 1 N–H and O–H groups in total. The third kappa shape index (κ3) is 7.42. The maximum atomic E-state index is 12.6. The summed E-state index contributed by atoms with van der Waals surface area (Å²) in [6.07, 6.45) is -2.44. The van der Waals surface area contributed by atoms with E-state index in [1.807, 2.05) is 6.07 Å². The Labute approximate surface area is 152 Å². The van der Waals surface area contributed by atoms with Gasteiger partial charge in [0.1, 0.15) is 12.4 Å². The topological polar surface area (TPSA) is 45.2 Å². The van der Waals surface area contributed by atoms with Crippen molar-refractivity contribution < 1.29 is 23.4 Å². The van der Waals surface area contributed by atoms with Gasteiger partial charge in [-0.2, -0.15) is 0 Å². The fourth-order valence-electron chi connectivity index (χ4n) is 2.70. The molecule has 25 heavy (non-hydrogen) atoms. The Morgan fingerprint density at radius 3 is 2.72 bits per heavy atom. The van der Waals surface area contributed by atoms with Crippen LogP contribution in [-0.4, -0.2) is 80.5 Å². The molecule has 2 rings (SSSR count). The van der Waals surface area contributed by atoms with Crippen LogP contribution in [0.5, 0.6) is 5.75 Å². The van der Waals surface area contributed by atoms with E-state index in [1.54, 1.807) is 12.1 Å². The maximum Gasteiger partial charge on any atom is 0.251 e. The fraction of sp³-hybridized carbons (Fsp3) is 0.647. The summed E-state index contributed by atoms with van der Waals surface area (Å²) >= 11 is 6.24. The van der Waals surface area contributed by atoms with E-state index in [0.29, 0.717) is 23.9 Å². The van der Waals surface area contributed by atoms with Crippen molar-refractivity contribution in [3.8, 4) is 5.75 Å². The van der Waals surface area contributed by atoms with E-state index in [1.165, 1.54) is 4.90 Å². The van der Waals surface area contributed by atoms with Crippen LogP contribution in [0.2, 0.25) is 5.02 Å². The lowest BCUT2D eigenvalue weighted by atomic mass is 10.2. The highest BCUT2D eigenvalue weighted by Gasteiger charge is 2.14. The van der Waals surface area contributed by atoms with Gasteiger partial charge in [-0.25, -0.2) is 8.78 Å². The van der Waals surface area contributed by atoms with Gasteiger partial charge in [0.2, 0.25) is 0 Å². The highest BCUT2D eigenvalue weighted by molar-refractivity contribution is 6.32. The molecule has 1 heterocycles. The molecule has 0 aromatic heterocycles. The first-order valence-corrected chi connectivity index (χ1v) is 8.79. The third-order valence-electron chi connectivity index (χ3n) is 3.98. The number of hydrogen-bond donors (Lipinski definition) is 1.